The quantitative estimate of drug-likeness (QED) is 0.523. The molecule has 87 valence electrons. The summed E-state index contributed by atoms with van der Waals surface area (Å²) in [6, 6.07) is 0. The van der Waals surface area contributed by atoms with Crippen LogP contribution in [-0.4, -0.2) is 0 Å². The number of hydrogen-bond acceptors (Lipinski definition) is 0. The second-order valence-corrected chi connectivity index (χ2v) is 4.42. The lowest BCUT2D eigenvalue weighted by molar-refractivity contribution is 1.03. The summed E-state index contributed by atoms with van der Waals surface area (Å²) in [7, 11) is 0. The predicted molar refractivity (Wildman–Crippen MR) is 73.2 cm³/mol. The third kappa shape index (κ3) is 2.55. The molecule has 0 aliphatic heterocycles. The highest BCUT2D eigenvalue weighted by Gasteiger charge is 2.17. The van der Waals surface area contributed by atoms with Crippen LogP contribution in [-0.2, 0) is 0 Å². The summed E-state index contributed by atoms with van der Waals surface area (Å²) in [6.45, 7) is 12.8. The van der Waals surface area contributed by atoms with Crippen LogP contribution in [0.2, 0.25) is 0 Å². The molecule has 0 saturated carbocycles. The van der Waals surface area contributed by atoms with Crippen LogP contribution in [0.3, 0.4) is 0 Å². The van der Waals surface area contributed by atoms with Gasteiger partial charge in [0.05, 0.1) is 0 Å². The lowest BCUT2D eigenvalue weighted by atomic mass is 9.81. The normalized spacial score (nSPS) is 19.6. The number of allylic oxidation sites excluding steroid dienone is 8. The number of rotatable bonds is 0. The van der Waals surface area contributed by atoms with Crippen LogP contribution < -0.4 is 0 Å². The molecule has 2 aliphatic carbocycles. The first-order valence-corrected chi connectivity index (χ1v) is 6.19. The van der Waals surface area contributed by atoms with Crippen molar-refractivity contribution in [3.05, 3.63) is 52.0 Å². The molecule has 0 aromatic carbocycles. The lowest BCUT2D eigenvalue weighted by Crippen LogP contribution is -2.05. The summed E-state index contributed by atoms with van der Waals surface area (Å²) in [5.74, 6) is 0. The summed E-state index contributed by atoms with van der Waals surface area (Å²) in [5.41, 5.74) is 8.63. The summed E-state index contributed by atoms with van der Waals surface area (Å²) < 4.78 is 0. The summed E-state index contributed by atoms with van der Waals surface area (Å²) >= 11 is 0. The first-order chi connectivity index (χ1) is 7.58. The van der Waals surface area contributed by atoms with Gasteiger partial charge in [-0.2, -0.15) is 0 Å². The Bertz CT molecular complexity index is 358. The largest absolute Gasteiger partial charge is 0.0683 e. The fourth-order valence-corrected chi connectivity index (χ4v) is 1.97. The number of hydrogen-bond donors (Lipinski definition) is 0. The first kappa shape index (κ1) is 13.0. The van der Waals surface area contributed by atoms with Gasteiger partial charge in [0.1, 0.15) is 0 Å². The second kappa shape index (κ2) is 5.34. The smallest absolute Gasteiger partial charge is 0.0160 e. The maximum Gasteiger partial charge on any atom is 0.0160 e. The van der Waals surface area contributed by atoms with E-state index in [2.05, 4.69) is 46.3 Å². The van der Waals surface area contributed by atoms with Crippen molar-refractivity contribution >= 4 is 0 Å². The Morgan fingerprint density at radius 1 is 0.812 bits per heavy atom. The van der Waals surface area contributed by atoms with Crippen LogP contribution in [0.15, 0.2) is 45.6 Å². The Morgan fingerprint density at radius 2 is 1.44 bits per heavy atom. The van der Waals surface area contributed by atoms with E-state index in [-0.39, 0.29) is 0 Å². The fraction of sp³-hybridized carbons (Fsp3) is 0.438. The third-order valence-corrected chi connectivity index (χ3v) is 3.26. The summed E-state index contributed by atoms with van der Waals surface area (Å²) in [4.78, 5) is 0. The Balaban J connectivity index is 0.000000606. The molecule has 0 amide bonds. The lowest BCUT2D eigenvalue weighted by Gasteiger charge is -2.24. The van der Waals surface area contributed by atoms with E-state index in [4.69, 9.17) is 0 Å². The summed E-state index contributed by atoms with van der Waals surface area (Å²) in [5, 5.41) is 0. The number of fused-ring (bicyclic) bond motifs is 1. The molecule has 0 heterocycles. The SMILES string of the molecule is CC.CC1=C(C)C=C2CC(C)=C(C)C=C2[CH]1. The zero-order valence-corrected chi connectivity index (χ0v) is 11.4. The van der Waals surface area contributed by atoms with Crippen molar-refractivity contribution in [3.63, 3.8) is 0 Å². The molecule has 16 heavy (non-hydrogen) atoms. The van der Waals surface area contributed by atoms with Gasteiger partial charge in [0.25, 0.3) is 0 Å². The van der Waals surface area contributed by atoms with E-state index in [0.717, 1.165) is 6.42 Å². The minimum Gasteiger partial charge on any atom is -0.0683 e. The molecule has 2 rings (SSSR count). The molecule has 0 nitrogen and oxygen atoms in total. The minimum absolute atomic E-state index is 1.12. The molecule has 0 bridgehead atoms. The molecular formula is C16H23. The fourth-order valence-electron chi connectivity index (χ4n) is 1.97. The third-order valence-electron chi connectivity index (χ3n) is 3.26. The van der Waals surface area contributed by atoms with E-state index in [9.17, 15) is 0 Å². The molecule has 0 heteroatoms. The molecule has 2 aliphatic rings. The van der Waals surface area contributed by atoms with Gasteiger partial charge in [-0.1, -0.05) is 48.3 Å². The zero-order valence-electron chi connectivity index (χ0n) is 11.4. The summed E-state index contributed by atoms with van der Waals surface area (Å²) in [6.07, 6.45) is 8.07. The van der Waals surface area contributed by atoms with E-state index in [1.807, 2.05) is 13.8 Å². The highest BCUT2D eigenvalue weighted by Crippen LogP contribution is 2.36. The van der Waals surface area contributed by atoms with Crippen molar-refractivity contribution in [2.45, 2.75) is 48.0 Å². The van der Waals surface area contributed by atoms with Gasteiger partial charge in [0, 0.05) is 6.42 Å². The molecule has 0 atom stereocenters. The van der Waals surface area contributed by atoms with Crippen LogP contribution in [0, 0.1) is 6.42 Å². The standard InChI is InChI=1S/C14H17.C2H6/c1-9-5-13-7-11(3)12(4)8-14(13)6-10(9)2;1-2/h5-7H,8H2,1-4H3;1-2H3. The van der Waals surface area contributed by atoms with E-state index >= 15 is 0 Å². The second-order valence-electron chi connectivity index (χ2n) is 4.42. The van der Waals surface area contributed by atoms with Gasteiger partial charge in [0.2, 0.25) is 0 Å². The molecule has 0 fully saturated rings. The van der Waals surface area contributed by atoms with Crippen LogP contribution >= 0.6 is 0 Å². The molecule has 0 N–H and O–H groups in total. The van der Waals surface area contributed by atoms with Gasteiger partial charge in [-0.25, -0.2) is 0 Å². The van der Waals surface area contributed by atoms with Crippen LogP contribution in [0.4, 0.5) is 0 Å². The van der Waals surface area contributed by atoms with Gasteiger partial charge in [-0.05, 0) is 45.3 Å². The van der Waals surface area contributed by atoms with Crippen molar-refractivity contribution in [3.8, 4) is 0 Å². The van der Waals surface area contributed by atoms with Gasteiger partial charge in [-0.3, -0.25) is 0 Å². The molecule has 0 unspecified atom stereocenters. The van der Waals surface area contributed by atoms with Gasteiger partial charge in [-0.15, -0.1) is 0 Å². The van der Waals surface area contributed by atoms with Gasteiger partial charge >= 0.3 is 0 Å². The molecule has 0 saturated heterocycles. The molecule has 1 radical (unpaired) electrons. The highest BCUT2D eigenvalue weighted by atomic mass is 14.2. The monoisotopic (exact) mass is 215 g/mol. The average molecular weight is 215 g/mol. The van der Waals surface area contributed by atoms with E-state index in [1.165, 1.54) is 33.4 Å². The maximum absolute atomic E-state index is 2.33. The van der Waals surface area contributed by atoms with Crippen LogP contribution in [0.1, 0.15) is 48.0 Å². The van der Waals surface area contributed by atoms with Crippen molar-refractivity contribution in [2.75, 3.05) is 0 Å². The van der Waals surface area contributed by atoms with Gasteiger partial charge in [0.15, 0.2) is 0 Å². The maximum atomic E-state index is 2.33. The molecule has 0 aromatic rings. The average Bonchev–Trinajstić information content (AvgIpc) is 2.26. The van der Waals surface area contributed by atoms with E-state index < -0.39 is 0 Å². The Kier molecular flexibility index (Phi) is 4.35. The van der Waals surface area contributed by atoms with E-state index in [1.54, 1.807) is 0 Å². The van der Waals surface area contributed by atoms with Crippen molar-refractivity contribution in [1.29, 1.82) is 0 Å². The highest BCUT2D eigenvalue weighted by molar-refractivity contribution is 5.58. The van der Waals surface area contributed by atoms with E-state index in [0.29, 0.717) is 0 Å². The zero-order chi connectivity index (χ0) is 12.3. The molecule has 0 aromatic heterocycles. The van der Waals surface area contributed by atoms with Crippen molar-refractivity contribution in [1.82, 2.24) is 0 Å². The van der Waals surface area contributed by atoms with Crippen molar-refractivity contribution in [2.24, 2.45) is 0 Å². The first-order valence-electron chi connectivity index (χ1n) is 6.19. The Morgan fingerprint density at radius 3 is 2.06 bits per heavy atom. The van der Waals surface area contributed by atoms with Crippen LogP contribution in [0.25, 0.3) is 0 Å². The van der Waals surface area contributed by atoms with Gasteiger partial charge < -0.3 is 0 Å². The predicted octanol–water partition coefficient (Wildman–Crippen LogP) is 5.16. The van der Waals surface area contributed by atoms with Crippen molar-refractivity contribution < 1.29 is 0 Å². The molecule has 0 spiro atoms. The Labute approximate surface area is 100 Å². The topological polar surface area (TPSA) is 0 Å². The Hall–Kier alpha value is -1.04. The minimum atomic E-state index is 1.12. The van der Waals surface area contributed by atoms with Crippen LogP contribution in [0.5, 0.6) is 0 Å². The molecular weight excluding hydrogens is 192 g/mol.